The molecule has 202 valence electrons. The molecule has 34 heavy (non-hydrogen) atoms. The number of aliphatic hydroxyl groups is 1. The Morgan fingerprint density at radius 3 is 1.38 bits per heavy atom. The van der Waals surface area contributed by atoms with Crippen molar-refractivity contribution in [2.75, 3.05) is 13.2 Å². The molecule has 1 atom stereocenters. The molecule has 0 heterocycles. The second-order valence-corrected chi connectivity index (χ2v) is 10.8. The molecule has 5 nitrogen and oxygen atoms in total. The van der Waals surface area contributed by atoms with E-state index in [0.717, 1.165) is 50.4 Å². The number of hydrogen-bond acceptors (Lipinski definition) is 5. The monoisotopic (exact) mass is 484 g/mol. The van der Waals surface area contributed by atoms with Gasteiger partial charge in [0.05, 0.1) is 6.61 Å². The summed E-state index contributed by atoms with van der Waals surface area (Å²) in [7, 11) is 0. The minimum Gasteiger partial charge on any atom is -0.462 e. The molecule has 0 aromatic carbocycles. The van der Waals surface area contributed by atoms with Gasteiger partial charge in [-0.2, -0.15) is 0 Å². The molecule has 1 N–H and O–H groups in total. The minimum atomic E-state index is -0.761. The van der Waals surface area contributed by atoms with Crippen LogP contribution in [0.15, 0.2) is 0 Å². The number of hydrogen-bond donors (Lipinski definition) is 1. The first-order valence-corrected chi connectivity index (χ1v) is 14.3. The molecule has 0 aliphatic heterocycles. The van der Waals surface area contributed by atoms with Gasteiger partial charge in [-0.3, -0.25) is 9.59 Å². The highest BCUT2D eigenvalue weighted by Gasteiger charge is 2.16. The van der Waals surface area contributed by atoms with Crippen LogP contribution in [0, 0.1) is 11.8 Å². The summed E-state index contributed by atoms with van der Waals surface area (Å²) >= 11 is 0. The van der Waals surface area contributed by atoms with E-state index in [1.807, 2.05) is 0 Å². The molecule has 0 fully saturated rings. The third-order valence-electron chi connectivity index (χ3n) is 6.26. The number of esters is 2. The lowest BCUT2D eigenvalue weighted by atomic mass is 10.0. The minimum absolute atomic E-state index is 0.0622. The summed E-state index contributed by atoms with van der Waals surface area (Å²) in [5, 5.41) is 9.43. The molecule has 0 rings (SSSR count). The normalized spacial score (nSPS) is 12.3. The first-order valence-electron chi connectivity index (χ1n) is 14.3. The molecule has 0 aliphatic rings. The van der Waals surface area contributed by atoms with Crippen LogP contribution in [0.5, 0.6) is 0 Å². The Labute approximate surface area is 210 Å². The van der Waals surface area contributed by atoms with Crippen molar-refractivity contribution >= 4 is 11.9 Å². The number of unbranched alkanes of at least 4 members (excludes halogenated alkanes) is 12. The average molecular weight is 485 g/mol. The molecule has 5 heteroatoms. The predicted molar refractivity (Wildman–Crippen MR) is 141 cm³/mol. The molecule has 0 bridgehead atoms. The summed E-state index contributed by atoms with van der Waals surface area (Å²) in [6.45, 7) is 8.68. The lowest BCUT2D eigenvalue weighted by molar-refractivity contribution is -0.161. The lowest BCUT2D eigenvalue weighted by Gasteiger charge is -2.15. The third kappa shape index (κ3) is 24.0. The number of carbonyl (C=O) groups is 2. The second kappa shape index (κ2) is 23.6. The van der Waals surface area contributed by atoms with Crippen LogP contribution >= 0.6 is 0 Å². The molecule has 0 aromatic heterocycles. The zero-order valence-corrected chi connectivity index (χ0v) is 23.0. The van der Waals surface area contributed by atoms with Crippen LogP contribution in [0.25, 0.3) is 0 Å². The van der Waals surface area contributed by atoms with E-state index >= 15 is 0 Å². The standard InChI is InChI=1S/C29H56O5/c1-25(2)19-15-11-7-5-9-13-17-21-28(31)33-24-27(23-30)34-29(32)22-18-14-10-6-8-12-16-20-26(3)4/h25-27,30H,5-24H2,1-4H3/t27-/m0/s1. The third-order valence-corrected chi connectivity index (χ3v) is 6.26. The smallest absolute Gasteiger partial charge is 0.306 e. The van der Waals surface area contributed by atoms with Crippen LogP contribution in [-0.2, 0) is 19.1 Å². The van der Waals surface area contributed by atoms with Crippen molar-refractivity contribution in [3.63, 3.8) is 0 Å². The van der Waals surface area contributed by atoms with E-state index in [4.69, 9.17) is 9.47 Å². The second-order valence-electron chi connectivity index (χ2n) is 10.8. The van der Waals surface area contributed by atoms with Crippen LogP contribution in [0.3, 0.4) is 0 Å². The van der Waals surface area contributed by atoms with Crippen LogP contribution in [0.2, 0.25) is 0 Å². The largest absolute Gasteiger partial charge is 0.462 e. The molecule has 0 radical (unpaired) electrons. The number of aliphatic hydroxyl groups excluding tert-OH is 1. The van der Waals surface area contributed by atoms with Crippen molar-refractivity contribution < 1.29 is 24.2 Å². The highest BCUT2D eigenvalue weighted by Crippen LogP contribution is 2.14. The first-order chi connectivity index (χ1) is 16.3. The van der Waals surface area contributed by atoms with Gasteiger partial charge >= 0.3 is 11.9 Å². The SMILES string of the molecule is CC(C)CCCCCCCCCC(=O)OC[C@H](CO)OC(=O)CCCCCCCCCC(C)C. The van der Waals surface area contributed by atoms with Gasteiger partial charge in [-0.15, -0.1) is 0 Å². The number of carbonyl (C=O) groups excluding carboxylic acids is 2. The summed E-state index contributed by atoms with van der Waals surface area (Å²) in [4.78, 5) is 23.9. The van der Waals surface area contributed by atoms with Crippen LogP contribution in [0.4, 0.5) is 0 Å². The fourth-order valence-corrected chi connectivity index (χ4v) is 4.04. The fraction of sp³-hybridized carbons (Fsp3) is 0.931. The summed E-state index contributed by atoms with van der Waals surface area (Å²) in [5.74, 6) is 0.991. The summed E-state index contributed by atoms with van der Waals surface area (Å²) < 4.78 is 10.5. The first kappa shape index (κ1) is 32.9. The zero-order valence-electron chi connectivity index (χ0n) is 23.0. The van der Waals surface area contributed by atoms with Gasteiger partial charge in [-0.1, -0.05) is 118 Å². The Morgan fingerprint density at radius 1 is 0.588 bits per heavy atom. The maximum Gasteiger partial charge on any atom is 0.306 e. The Bertz CT molecular complexity index is 475. The predicted octanol–water partition coefficient (Wildman–Crippen LogP) is 7.77. The Hall–Kier alpha value is -1.10. The quantitative estimate of drug-likeness (QED) is 0.112. The van der Waals surface area contributed by atoms with Crippen molar-refractivity contribution in [1.82, 2.24) is 0 Å². The van der Waals surface area contributed by atoms with Gasteiger partial charge in [0.25, 0.3) is 0 Å². The molecule has 0 saturated carbocycles. The van der Waals surface area contributed by atoms with Crippen molar-refractivity contribution in [1.29, 1.82) is 0 Å². The lowest BCUT2D eigenvalue weighted by Crippen LogP contribution is -2.28. The molecule has 0 amide bonds. The highest BCUT2D eigenvalue weighted by molar-refractivity contribution is 5.70. The molecule has 0 aliphatic carbocycles. The number of rotatable bonds is 24. The van der Waals surface area contributed by atoms with Crippen LogP contribution < -0.4 is 0 Å². The maximum absolute atomic E-state index is 12.0. The molecule has 0 unspecified atom stereocenters. The van der Waals surface area contributed by atoms with Gasteiger partial charge in [0.2, 0.25) is 0 Å². The van der Waals surface area contributed by atoms with E-state index in [1.54, 1.807) is 0 Å². The highest BCUT2D eigenvalue weighted by atomic mass is 16.6. The summed E-state index contributed by atoms with van der Waals surface area (Å²) in [6.07, 6.45) is 18.8. The van der Waals surface area contributed by atoms with E-state index in [-0.39, 0.29) is 25.2 Å². The van der Waals surface area contributed by atoms with Gasteiger partial charge in [0.1, 0.15) is 6.61 Å². The van der Waals surface area contributed by atoms with Gasteiger partial charge in [-0.05, 0) is 24.7 Å². The van der Waals surface area contributed by atoms with E-state index in [0.29, 0.717) is 12.8 Å². The molecule has 0 aromatic rings. The van der Waals surface area contributed by atoms with Gasteiger partial charge in [-0.25, -0.2) is 0 Å². The average Bonchev–Trinajstić information content (AvgIpc) is 2.79. The van der Waals surface area contributed by atoms with Crippen molar-refractivity contribution in [2.45, 2.75) is 149 Å². The van der Waals surface area contributed by atoms with Gasteiger partial charge in [0.15, 0.2) is 6.10 Å². The summed E-state index contributed by atoms with van der Waals surface area (Å²) in [6, 6.07) is 0. The molecular formula is C29H56O5. The Morgan fingerprint density at radius 2 is 0.971 bits per heavy atom. The van der Waals surface area contributed by atoms with Crippen molar-refractivity contribution in [2.24, 2.45) is 11.8 Å². The molecule has 0 spiro atoms. The van der Waals surface area contributed by atoms with Gasteiger partial charge < -0.3 is 14.6 Å². The van der Waals surface area contributed by atoms with E-state index in [2.05, 4.69) is 27.7 Å². The van der Waals surface area contributed by atoms with Crippen molar-refractivity contribution in [3.8, 4) is 0 Å². The molecular weight excluding hydrogens is 428 g/mol. The van der Waals surface area contributed by atoms with Crippen LogP contribution in [0.1, 0.15) is 143 Å². The van der Waals surface area contributed by atoms with Crippen LogP contribution in [-0.4, -0.2) is 36.4 Å². The number of ether oxygens (including phenoxy) is 2. The van der Waals surface area contributed by atoms with E-state index in [1.165, 1.54) is 64.2 Å². The fourth-order valence-electron chi connectivity index (χ4n) is 4.04. The van der Waals surface area contributed by atoms with Gasteiger partial charge in [0, 0.05) is 12.8 Å². The Kier molecular flexibility index (Phi) is 22.9. The zero-order chi connectivity index (χ0) is 25.4. The Balaban J connectivity index is 3.62. The summed E-state index contributed by atoms with van der Waals surface area (Å²) in [5.41, 5.74) is 0. The van der Waals surface area contributed by atoms with E-state index < -0.39 is 6.10 Å². The van der Waals surface area contributed by atoms with E-state index in [9.17, 15) is 14.7 Å². The van der Waals surface area contributed by atoms with Crippen molar-refractivity contribution in [3.05, 3.63) is 0 Å². The maximum atomic E-state index is 12.0. The molecule has 0 saturated heterocycles. The topological polar surface area (TPSA) is 72.8 Å².